The second-order valence-corrected chi connectivity index (χ2v) is 4.24. The molecule has 13 heavy (non-hydrogen) atoms. The summed E-state index contributed by atoms with van der Waals surface area (Å²) in [5.41, 5.74) is 7.08. The summed E-state index contributed by atoms with van der Waals surface area (Å²) >= 11 is 1.78. The van der Waals surface area contributed by atoms with E-state index < -0.39 is 0 Å². The number of nitrogens with two attached hydrogens (primary N) is 1. The molecule has 1 aromatic carbocycles. The van der Waals surface area contributed by atoms with Crippen molar-refractivity contribution in [3.05, 3.63) is 29.8 Å². The Hall–Kier alpha value is -0.470. The summed E-state index contributed by atoms with van der Waals surface area (Å²) in [7, 11) is 0. The highest BCUT2D eigenvalue weighted by atomic mass is 32.2. The van der Waals surface area contributed by atoms with Crippen molar-refractivity contribution in [1.82, 2.24) is 0 Å². The predicted molar refractivity (Wildman–Crippen MR) is 60.2 cm³/mol. The number of benzene rings is 1. The van der Waals surface area contributed by atoms with Crippen LogP contribution in [0.15, 0.2) is 29.2 Å². The molecule has 0 radical (unpaired) electrons. The van der Waals surface area contributed by atoms with Gasteiger partial charge in [0.25, 0.3) is 0 Å². The van der Waals surface area contributed by atoms with Crippen molar-refractivity contribution in [3.8, 4) is 0 Å². The van der Waals surface area contributed by atoms with Crippen LogP contribution in [0.25, 0.3) is 0 Å². The van der Waals surface area contributed by atoms with Gasteiger partial charge in [-0.1, -0.05) is 12.1 Å². The average molecular weight is 195 g/mol. The van der Waals surface area contributed by atoms with Gasteiger partial charge < -0.3 is 5.73 Å². The molecular formula is C11H17NS. The van der Waals surface area contributed by atoms with Gasteiger partial charge in [-0.25, -0.2) is 0 Å². The lowest BCUT2D eigenvalue weighted by Gasteiger charge is -2.05. The monoisotopic (exact) mass is 195 g/mol. The molecule has 1 nitrogen and oxygen atoms in total. The van der Waals surface area contributed by atoms with Gasteiger partial charge in [0.2, 0.25) is 0 Å². The topological polar surface area (TPSA) is 26.0 Å². The van der Waals surface area contributed by atoms with E-state index in [0.29, 0.717) is 6.04 Å². The summed E-state index contributed by atoms with van der Waals surface area (Å²) in [5, 5.41) is 0. The number of aryl methyl sites for hydroxylation is 1. The van der Waals surface area contributed by atoms with Crippen LogP contribution in [0.3, 0.4) is 0 Å². The van der Waals surface area contributed by atoms with Crippen molar-refractivity contribution in [2.45, 2.75) is 30.7 Å². The van der Waals surface area contributed by atoms with Crippen molar-refractivity contribution in [2.24, 2.45) is 5.73 Å². The SMILES string of the molecule is CSc1ccc(CC[C@H](C)N)cc1. The van der Waals surface area contributed by atoms with Crippen LogP contribution in [-0.2, 0) is 6.42 Å². The lowest BCUT2D eigenvalue weighted by Crippen LogP contribution is -2.15. The first-order valence-corrected chi connectivity index (χ1v) is 5.83. The van der Waals surface area contributed by atoms with E-state index in [9.17, 15) is 0 Å². The van der Waals surface area contributed by atoms with Gasteiger partial charge in [0.05, 0.1) is 0 Å². The average Bonchev–Trinajstić information content (AvgIpc) is 2.15. The summed E-state index contributed by atoms with van der Waals surface area (Å²) in [4.78, 5) is 1.32. The summed E-state index contributed by atoms with van der Waals surface area (Å²) in [5.74, 6) is 0. The van der Waals surface area contributed by atoms with Crippen molar-refractivity contribution < 1.29 is 0 Å². The van der Waals surface area contributed by atoms with Crippen molar-refractivity contribution in [1.29, 1.82) is 0 Å². The zero-order valence-corrected chi connectivity index (χ0v) is 9.10. The molecule has 1 rings (SSSR count). The number of thioether (sulfide) groups is 1. The summed E-state index contributed by atoms with van der Waals surface area (Å²) in [6, 6.07) is 9.02. The second kappa shape index (κ2) is 5.30. The van der Waals surface area contributed by atoms with E-state index in [-0.39, 0.29) is 0 Å². The van der Waals surface area contributed by atoms with Crippen LogP contribution in [0.5, 0.6) is 0 Å². The minimum Gasteiger partial charge on any atom is -0.328 e. The minimum absolute atomic E-state index is 0.306. The molecule has 0 unspecified atom stereocenters. The fourth-order valence-corrected chi connectivity index (χ4v) is 1.59. The smallest absolute Gasteiger partial charge is 0.00693 e. The normalized spacial score (nSPS) is 12.8. The van der Waals surface area contributed by atoms with Crippen LogP contribution in [0.1, 0.15) is 18.9 Å². The van der Waals surface area contributed by atoms with E-state index in [1.807, 2.05) is 0 Å². The van der Waals surface area contributed by atoms with Crippen molar-refractivity contribution in [3.63, 3.8) is 0 Å². The van der Waals surface area contributed by atoms with Gasteiger partial charge >= 0.3 is 0 Å². The number of rotatable bonds is 4. The van der Waals surface area contributed by atoms with Gasteiger partial charge in [-0.2, -0.15) is 0 Å². The van der Waals surface area contributed by atoms with Crippen LogP contribution >= 0.6 is 11.8 Å². The third kappa shape index (κ3) is 3.83. The van der Waals surface area contributed by atoms with E-state index in [1.165, 1.54) is 10.5 Å². The fraction of sp³-hybridized carbons (Fsp3) is 0.455. The Morgan fingerprint density at radius 2 is 1.92 bits per heavy atom. The van der Waals surface area contributed by atoms with Gasteiger partial charge in [0.1, 0.15) is 0 Å². The second-order valence-electron chi connectivity index (χ2n) is 3.36. The quantitative estimate of drug-likeness (QED) is 0.748. The first-order valence-electron chi connectivity index (χ1n) is 4.61. The first-order chi connectivity index (χ1) is 6.22. The van der Waals surface area contributed by atoms with Gasteiger partial charge in [0.15, 0.2) is 0 Å². The number of hydrogen-bond acceptors (Lipinski definition) is 2. The Morgan fingerprint density at radius 1 is 1.31 bits per heavy atom. The van der Waals surface area contributed by atoms with Crippen LogP contribution in [0.2, 0.25) is 0 Å². The van der Waals surface area contributed by atoms with Crippen molar-refractivity contribution >= 4 is 11.8 Å². The van der Waals surface area contributed by atoms with E-state index in [2.05, 4.69) is 37.4 Å². The van der Waals surface area contributed by atoms with Crippen molar-refractivity contribution in [2.75, 3.05) is 6.26 Å². The molecule has 0 aliphatic carbocycles. The largest absolute Gasteiger partial charge is 0.328 e. The molecule has 0 saturated carbocycles. The third-order valence-electron chi connectivity index (χ3n) is 2.05. The highest BCUT2D eigenvalue weighted by Gasteiger charge is 1.96. The summed E-state index contributed by atoms with van der Waals surface area (Å²) in [6.45, 7) is 2.05. The molecule has 2 N–H and O–H groups in total. The molecule has 0 aliphatic heterocycles. The molecule has 0 bridgehead atoms. The standard InChI is InChI=1S/C11H17NS/c1-9(12)3-4-10-5-7-11(13-2)8-6-10/h5-9H,3-4,12H2,1-2H3/t9-/m0/s1. The maximum atomic E-state index is 5.69. The lowest BCUT2D eigenvalue weighted by atomic mass is 10.1. The van der Waals surface area contributed by atoms with Crippen LogP contribution < -0.4 is 5.73 Å². The molecule has 0 heterocycles. The van der Waals surface area contributed by atoms with E-state index >= 15 is 0 Å². The zero-order valence-electron chi connectivity index (χ0n) is 8.29. The molecule has 0 spiro atoms. The van der Waals surface area contributed by atoms with Crippen LogP contribution in [0, 0.1) is 0 Å². The summed E-state index contributed by atoms with van der Waals surface area (Å²) in [6.07, 6.45) is 4.25. The van der Waals surface area contributed by atoms with Gasteiger partial charge in [-0.15, -0.1) is 11.8 Å². The Bertz CT molecular complexity index is 241. The Kier molecular flexibility index (Phi) is 4.33. The molecule has 2 heteroatoms. The first kappa shape index (κ1) is 10.6. The fourth-order valence-electron chi connectivity index (χ4n) is 1.19. The highest BCUT2D eigenvalue weighted by Crippen LogP contribution is 2.15. The zero-order chi connectivity index (χ0) is 9.68. The summed E-state index contributed by atoms with van der Waals surface area (Å²) < 4.78 is 0. The molecule has 0 fully saturated rings. The predicted octanol–water partition coefficient (Wildman–Crippen LogP) is 2.69. The third-order valence-corrected chi connectivity index (χ3v) is 2.79. The minimum atomic E-state index is 0.306. The van der Waals surface area contributed by atoms with Crippen LogP contribution in [0.4, 0.5) is 0 Å². The molecule has 0 amide bonds. The lowest BCUT2D eigenvalue weighted by molar-refractivity contribution is 0.666. The molecular weight excluding hydrogens is 178 g/mol. The van der Waals surface area contributed by atoms with Gasteiger partial charge in [-0.3, -0.25) is 0 Å². The molecule has 0 aromatic heterocycles. The molecule has 0 saturated heterocycles. The highest BCUT2D eigenvalue weighted by molar-refractivity contribution is 7.98. The van der Waals surface area contributed by atoms with Gasteiger partial charge in [0, 0.05) is 10.9 Å². The van der Waals surface area contributed by atoms with E-state index in [4.69, 9.17) is 5.73 Å². The molecule has 1 aromatic rings. The molecule has 1 atom stereocenters. The van der Waals surface area contributed by atoms with E-state index in [0.717, 1.165) is 12.8 Å². The van der Waals surface area contributed by atoms with Gasteiger partial charge in [-0.05, 0) is 43.7 Å². The number of hydrogen-bond donors (Lipinski definition) is 1. The Labute approximate surface area is 84.7 Å². The Morgan fingerprint density at radius 3 is 2.38 bits per heavy atom. The van der Waals surface area contributed by atoms with E-state index in [1.54, 1.807) is 11.8 Å². The Balaban J connectivity index is 2.49. The molecule has 72 valence electrons. The molecule has 0 aliphatic rings. The maximum absolute atomic E-state index is 5.69. The maximum Gasteiger partial charge on any atom is 0.00693 e. The van der Waals surface area contributed by atoms with Crippen LogP contribution in [-0.4, -0.2) is 12.3 Å².